The van der Waals surface area contributed by atoms with Crippen LogP contribution in [0.3, 0.4) is 0 Å². The monoisotopic (exact) mass is 307 g/mol. The van der Waals surface area contributed by atoms with Crippen LogP contribution in [0.2, 0.25) is 0 Å². The van der Waals surface area contributed by atoms with Gasteiger partial charge in [0.15, 0.2) is 6.04 Å². The molecule has 7 heteroatoms. The number of aliphatic carboxylic acids is 1. The Hall–Kier alpha value is -2.54. The van der Waals surface area contributed by atoms with E-state index in [2.05, 4.69) is 5.32 Å². The van der Waals surface area contributed by atoms with Crippen LogP contribution in [0, 0.1) is 0 Å². The van der Waals surface area contributed by atoms with E-state index in [-0.39, 0.29) is 11.3 Å². The van der Waals surface area contributed by atoms with E-state index in [1.807, 2.05) is 0 Å². The summed E-state index contributed by atoms with van der Waals surface area (Å²) in [6.45, 7) is 0. The molecule has 1 aromatic carbocycles. The van der Waals surface area contributed by atoms with Crippen molar-refractivity contribution in [2.45, 2.75) is 6.04 Å². The number of amides is 1. The number of thiophene rings is 1. The van der Waals surface area contributed by atoms with Gasteiger partial charge in [0.05, 0.1) is 12.7 Å². The molecule has 110 valence electrons. The van der Waals surface area contributed by atoms with Gasteiger partial charge in [0, 0.05) is 4.88 Å². The van der Waals surface area contributed by atoms with Gasteiger partial charge in [-0.05, 0) is 29.6 Å². The Balaban J connectivity index is 2.25. The third-order valence-corrected chi connectivity index (χ3v) is 3.74. The van der Waals surface area contributed by atoms with Gasteiger partial charge in [0.2, 0.25) is 0 Å². The van der Waals surface area contributed by atoms with E-state index in [1.54, 1.807) is 17.5 Å². The van der Waals surface area contributed by atoms with Crippen LogP contribution in [0.5, 0.6) is 11.5 Å². The lowest BCUT2D eigenvalue weighted by Gasteiger charge is -2.14. The maximum absolute atomic E-state index is 12.2. The quantitative estimate of drug-likeness (QED) is 0.785. The van der Waals surface area contributed by atoms with Crippen LogP contribution < -0.4 is 10.1 Å². The topological polar surface area (TPSA) is 95.9 Å². The van der Waals surface area contributed by atoms with Gasteiger partial charge >= 0.3 is 5.97 Å². The summed E-state index contributed by atoms with van der Waals surface area (Å²) in [4.78, 5) is 23.9. The first-order valence-corrected chi connectivity index (χ1v) is 6.85. The number of methoxy groups -OCH3 is 1. The number of carboxylic acids is 1. The van der Waals surface area contributed by atoms with Gasteiger partial charge in [-0.2, -0.15) is 0 Å². The fourth-order valence-corrected chi connectivity index (χ4v) is 2.51. The predicted molar refractivity (Wildman–Crippen MR) is 76.8 cm³/mol. The van der Waals surface area contributed by atoms with Gasteiger partial charge in [0.1, 0.15) is 11.5 Å². The zero-order valence-corrected chi connectivity index (χ0v) is 11.9. The molecular weight excluding hydrogens is 294 g/mol. The number of rotatable bonds is 5. The van der Waals surface area contributed by atoms with E-state index in [1.165, 1.54) is 36.6 Å². The van der Waals surface area contributed by atoms with Gasteiger partial charge in [-0.25, -0.2) is 4.79 Å². The van der Waals surface area contributed by atoms with Crippen molar-refractivity contribution < 1.29 is 24.5 Å². The Bertz CT molecular complexity index is 653. The van der Waals surface area contributed by atoms with E-state index < -0.39 is 17.9 Å². The minimum atomic E-state index is -1.17. The van der Waals surface area contributed by atoms with Crippen molar-refractivity contribution in [1.82, 2.24) is 5.32 Å². The summed E-state index contributed by atoms with van der Waals surface area (Å²) in [5, 5.41) is 23.0. The smallest absolute Gasteiger partial charge is 0.331 e. The molecule has 1 amide bonds. The number of phenols is 1. The normalized spacial score (nSPS) is 11.7. The highest BCUT2D eigenvalue weighted by Crippen LogP contribution is 2.25. The van der Waals surface area contributed by atoms with E-state index in [0.29, 0.717) is 10.6 Å². The Labute approximate surface area is 124 Å². The largest absolute Gasteiger partial charge is 0.507 e. The third kappa shape index (κ3) is 3.32. The van der Waals surface area contributed by atoms with Crippen molar-refractivity contribution in [3.63, 3.8) is 0 Å². The summed E-state index contributed by atoms with van der Waals surface area (Å²) in [6.07, 6.45) is 0. The maximum Gasteiger partial charge on any atom is 0.331 e. The number of ether oxygens (including phenoxy) is 1. The van der Waals surface area contributed by atoms with Gasteiger partial charge < -0.3 is 20.3 Å². The Kier molecular flexibility index (Phi) is 4.44. The molecule has 0 aliphatic rings. The minimum absolute atomic E-state index is 0.0443. The molecule has 1 unspecified atom stereocenters. The van der Waals surface area contributed by atoms with E-state index in [0.717, 1.165) is 0 Å². The number of aromatic hydroxyl groups is 1. The number of hydrogen-bond donors (Lipinski definition) is 3. The Morgan fingerprint density at radius 1 is 1.33 bits per heavy atom. The van der Waals surface area contributed by atoms with Crippen molar-refractivity contribution in [2.24, 2.45) is 0 Å². The Morgan fingerprint density at radius 3 is 2.67 bits per heavy atom. The second-order valence-electron chi connectivity index (χ2n) is 4.14. The molecule has 6 nitrogen and oxygen atoms in total. The number of hydrogen-bond acceptors (Lipinski definition) is 5. The van der Waals surface area contributed by atoms with Crippen LogP contribution in [0.4, 0.5) is 0 Å². The van der Waals surface area contributed by atoms with E-state index >= 15 is 0 Å². The molecule has 2 rings (SSSR count). The maximum atomic E-state index is 12.2. The third-order valence-electron chi connectivity index (χ3n) is 2.80. The molecule has 0 saturated carbocycles. The summed E-state index contributed by atoms with van der Waals surface area (Å²) in [5.41, 5.74) is -0.0443. The van der Waals surface area contributed by atoms with Crippen molar-refractivity contribution in [3.05, 3.63) is 46.2 Å². The van der Waals surface area contributed by atoms with Crippen LogP contribution in [-0.2, 0) is 4.79 Å². The van der Waals surface area contributed by atoms with Gasteiger partial charge in [-0.1, -0.05) is 6.07 Å². The number of phenolic OH excluding ortho intramolecular Hbond substituents is 1. The molecule has 1 atom stereocenters. The van der Waals surface area contributed by atoms with Crippen LogP contribution in [0.1, 0.15) is 21.3 Å². The second kappa shape index (κ2) is 6.27. The second-order valence-corrected chi connectivity index (χ2v) is 5.12. The lowest BCUT2D eigenvalue weighted by atomic mass is 10.1. The average Bonchev–Trinajstić information content (AvgIpc) is 2.98. The number of nitrogens with one attached hydrogen (secondary N) is 1. The lowest BCUT2D eigenvalue weighted by Crippen LogP contribution is -2.33. The highest BCUT2D eigenvalue weighted by molar-refractivity contribution is 7.10. The first-order valence-electron chi connectivity index (χ1n) is 5.97. The summed E-state index contributed by atoms with van der Waals surface area (Å²) in [6, 6.07) is 6.32. The highest BCUT2D eigenvalue weighted by Gasteiger charge is 2.24. The summed E-state index contributed by atoms with van der Waals surface area (Å²) in [7, 11) is 1.43. The number of carboxylic acid groups (broad SMARTS) is 1. The molecule has 0 bridgehead atoms. The lowest BCUT2D eigenvalue weighted by molar-refractivity contribution is -0.139. The van der Waals surface area contributed by atoms with Crippen molar-refractivity contribution >= 4 is 23.2 Å². The summed E-state index contributed by atoms with van der Waals surface area (Å²) < 4.78 is 4.98. The molecule has 0 spiro atoms. The fourth-order valence-electron chi connectivity index (χ4n) is 1.74. The number of carbonyl (C=O) groups is 2. The van der Waals surface area contributed by atoms with Gasteiger partial charge in [-0.15, -0.1) is 11.3 Å². The molecule has 1 heterocycles. The summed E-state index contributed by atoms with van der Waals surface area (Å²) >= 11 is 1.23. The predicted octanol–water partition coefficient (Wildman–Crippen LogP) is 2.02. The molecule has 3 N–H and O–H groups in total. The average molecular weight is 307 g/mol. The molecule has 1 aromatic heterocycles. The van der Waals surface area contributed by atoms with Crippen LogP contribution in [0.15, 0.2) is 35.7 Å². The van der Waals surface area contributed by atoms with Crippen molar-refractivity contribution in [2.75, 3.05) is 7.11 Å². The molecule has 0 aliphatic heterocycles. The standard InChI is InChI=1S/C14H13NO5S/c1-20-8-4-5-10(16)9(7-8)13(17)15-12(14(18)19)11-3-2-6-21-11/h2-7,12,16H,1H3,(H,15,17)(H,18,19). The van der Waals surface area contributed by atoms with Gasteiger partial charge in [0.25, 0.3) is 5.91 Å². The van der Waals surface area contributed by atoms with Crippen LogP contribution >= 0.6 is 11.3 Å². The van der Waals surface area contributed by atoms with E-state index in [9.17, 15) is 19.8 Å². The molecule has 2 aromatic rings. The minimum Gasteiger partial charge on any atom is -0.507 e. The zero-order chi connectivity index (χ0) is 15.4. The fraction of sp³-hybridized carbons (Fsp3) is 0.143. The van der Waals surface area contributed by atoms with E-state index in [4.69, 9.17) is 4.74 Å². The molecule has 21 heavy (non-hydrogen) atoms. The SMILES string of the molecule is COc1ccc(O)c(C(=O)NC(C(=O)O)c2cccs2)c1. The zero-order valence-electron chi connectivity index (χ0n) is 11.1. The van der Waals surface area contributed by atoms with Gasteiger partial charge in [-0.3, -0.25) is 4.79 Å². The molecular formula is C14H13NO5S. The Morgan fingerprint density at radius 2 is 2.10 bits per heavy atom. The number of carbonyl (C=O) groups excluding carboxylic acids is 1. The number of benzene rings is 1. The first kappa shape index (κ1) is 14.9. The highest BCUT2D eigenvalue weighted by atomic mass is 32.1. The van der Waals surface area contributed by atoms with Crippen molar-refractivity contribution in [3.8, 4) is 11.5 Å². The van der Waals surface area contributed by atoms with Crippen LogP contribution in [-0.4, -0.2) is 29.2 Å². The first-order chi connectivity index (χ1) is 10.0. The van der Waals surface area contributed by atoms with Crippen molar-refractivity contribution in [1.29, 1.82) is 0 Å². The molecule has 0 aliphatic carbocycles. The molecule has 0 saturated heterocycles. The summed E-state index contributed by atoms with van der Waals surface area (Å²) in [5.74, 6) is -1.72. The van der Waals surface area contributed by atoms with Crippen LogP contribution in [0.25, 0.3) is 0 Å². The molecule has 0 radical (unpaired) electrons. The molecule has 0 fully saturated rings.